The molecule has 17 heavy (non-hydrogen) atoms. The molecule has 0 fully saturated rings. The van der Waals surface area contributed by atoms with Gasteiger partial charge < -0.3 is 5.32 Å². The second kappa shape index (κ2) is 7.13. The second-order valence-corrected chi connectivity index (χ2v) is 10.3. The molecule has 0 amide bonds. The Kier molecular flexibility index (Phi) is 7.32. The highest BCUT2D eigenvalue weighted by Crippen LogP contribution is 2.06. The molecule has 0 aliphatic rings. The molecule has 2 atom stereocenters. The highest BCUT2D eigenvalue weighted by atomic mass is 35.5. The maximum Gasteiger partial charge on any atom is 0.168 e. The Morgan fingerprint density at radius 2 is 1.18 bits per heavy atom. The standard InChI is InChI=1S/C8H17Cl2NO4S2/c1-7(9)16(12,13)5-3-11-4-6-17(14,15)8(2)10/h7-8,11H,3-6H2,1-2H3. The summed E-state index contributed by atoms with van der Waals surface area (Å²) in [6.45, 7) is 3.12. The maximum absolute atomic E-state index is 11.3. The highest BCUT2D eigenvalue weighted by Gasteiger charge is 2.19. The van der Waals surface area contributed by atoms with Gasteiger partial charge in [0.05, 0.1) is 11.5 Å². The molecule has 0 aromatic carbocycles. The normalized spacial score (nSPS) is 16.7. The van der Waals surface area contributed by atoms with Crippen molar-refractivity contribution in [3.63, 3.8) is 0 Å². The summed E-state index contributed by atoms with van der Waals surface area (Å²) in [5, 5.41) is 2.73. The van der Waals surface area contributed by atoms with E-state index in [9.17, 15) is 16.8 Å². The average Bonchev–Trinajstić information content (AvgIpc) is 2.16. The van der Waals surface area contributed by atoms with E-state index < -0.39 is 29.1 Å². The van der Waals surface area contributed by atoms with E-state index in [1.165, 1.54) is 13.8 Å². The number of hydrogen-bond acceptors (Lipinski definition) is 5. The van der Waals surface area contributed by atoms with Crippen LogP contribution >= 0.6 is 23.2 Å². The zero-order chi connectivity index (χ0) is 13.7. The molecule has 0 rings (SSSR count). The third-order valence-corrected chi connectivity index (χ3v) is 7.27. The molecule has 0 bridgehead atoms. The summed E-state index contributed by atoms with van der Waals surface area (Å²) in [5.41, 5.74) is 0. The zero-order valence-electron chi connectivity index (χ0n) is 9.69. The van der Waals surface area contributed by atoms with Crippen molar-refractivity contribution in [2.45, 2.75) is 23.3 Å². The molecule has 0 heterocycles. The van der Waals surface area contributed by atoms with Crippen molar-refractivity contribution in [2.75, 3.05) is 24.6 Å². The molecule has 104 valence electrons. The minimum Gasteiger partial charge on any atom is -0.315 e. The Hall–Kier alpha value is 0.440. The fraction of sp³-hybridized carbons (Fsp3) is 1.00. The van der Waals surface area contributed by atoms with Crippen molar-refractivity contribution in [1.29, 1.82) is 0 Å². The summed E-state index contributed by atoms with van der Waals surface area (Å²) in [7, 11) is -6.61. The fourth-order valence-electron chi connectivity index (χ4n) is 0.879. The molecule has 5 nitrogen and oxygen atoms in total. The van der Waals surface area contributed by atoms with Crippen molar-refractivity contribution in [3.8, 4) is 0 Å². The van der Waals surface area contributed by atoms with Crippen LogP contribution in [0.25, 0.3) is 0 Å². The van der Waals surface area contributed by atoms with Gasteiger partial charge in [-0.1, -0.05) is 0 Å². The van der Waals surface area contributed by atoms with Crippen LogP contribution in [0.5, 0.6) is 0 Å². The minimum atomic E-state index is -3.30. The summed E-state index contributed by atoms with van der Waals surface area (Å²) in [5.74, 6) is -0.234. The van der Waals surface area contributed by atoms with E-state index in [1.807, 2.05) is 0 Å². The first-order chi connectivity index (χ1) is 7.59. The Morgan fingerprint density at radius 3 is 1.41 bits per heavy atom. The van der Waals surface area contributed by atoms with E-state index in [4.69, 9.17) is 23.2 Å². The van der Waals surface area contributed by atoms with E-state index >= 15 is 0 Å². The van der Waals surface area contributed by atoms with Gasteiger partial charge in [0.1, 0.15) is 9.42 Å². The van der Waals surface area contributed by atoms with E-state index in [0.29, 0.717) is 0 Å². The van der Waals surface area contributed by atoms with Crippen molar-refractivity contribution in [1.82, 2.24) is 5.32 Å². The number of rotatable bonds is 8. The van der Waals surface area contributed by atoms with Gasteiger partial charge in [0.25, 0.3) is 0 Å². The van der Waals surface area contributed by atoms with E-state index in [0.717, 1.165) is 0 Å². The second-order valence-electron chi connectivity index (χ2n) is 3.57. The molecule has 0 radical (unpaired) electrons. The van der Waals surface area contributed by atoms with Gasteiger partial charge in [-0.25, -0.2) is 16.8 Å². The Balaban J connectivity index is 3.90. The van der Waals surface area contributed by atoms with Gasteiger partial charge >= 0.3 is 0 Å². The van der Waals surface area contributed by atoms with Crippen LogP contribution in [0.15, 0.2) is 0 Å². The van der Waals surface area contributed by atoms with E-state index in [-0.39, 0.29) is 24.6 Å². The number of hydrogen-bond donors (Lipinski definition) is 1. The van der Waals surface area contributed by atoms with Crippen LogP contribution in [0.4, 0.5) is 0 Å². The van der Waals surface area contributed by atoms with Gasteiger partial charge in [-0.3, -0.25) is 0 Å². The lowest BCUT2D eigenvalue weighted by atomic mass is 10.7. The molecule has 0 aromatic heterocycles. The third kappa shape index (κ3) is 6.81. The molecule has 0 spiro atoms. The lowest BCUT2D eigenvalue weighted by molar-refractivity contribution is 0.586. The predicted octanol–water partition coefficient (Wildman–Crippen LogP) is 0.575. The number of sulfone groups is 2. The van der Waals surface area contributed by atoms with Crippen LogP contribution in [0.3, 0.4) is 0 Å². The van der Waals surface area contributed by atoms with E-state index in [1.54, 1.807) is 0 Å². The fourth-order valence-corrected chi connectivity index (χ4v) is 2.92. The SMILES string of the molecule is CC(Cl)S(=O)(=O)CCNCCS(=O)(=O)C(C)Cl. The summed E-state index contributed by atoms with van der Waals surface area (Å²) in [4.78, 5) is 0. The molecule has 0 aliphatic heterocycles. The van der Waals surface area contributed by atoms with Gasteiger partial charge in [0, 0.05) is 13.1 Å². The highest BCUT2D eigenvalue weighted by molar-refractivity contribution is 7.93. The maximum atomic E-state index is 11.3. The van der Waals surface area contributed by atoms with Gasteiger partial charge in [-0.05, 0) is 13.8 Å². The first-order valence-electron chi connectivity index (χ1n) is 5.01. The van der Waals surface area contributed by atoms with E-state index in [2.05, 4.69) is 5.32 Å². The van der Waals surface area contributed by atoms with Crippen molar-refractivity contribution in [2.24, 2.45) is 0 Å². The monoisotopic (exact) mass is 325 g/mol. The number of halogens is 2. The van der Waals surface area contributed by atoms with Crippen molar-refractivity contribution in [3.05, 3.63) is 0 Å². The smallest absolute Gasteiger partial charge is 0.168 e. The molecular weight excluding hydrogens is 309 g/mol. The van der Waals surface area contributed by atoms with Crippen LogP contribution in [-0.4, -0.2) is 50.8 Å². The molecule has 2 unspecified atom stereocenters. The van der Waals surface area contributed by atoms with Gasteiger partial charge in [0.15, 0.2) is 19.7 Å². The molecule has 9 heteroatoms. The van der Waals surface area contributed by atoms with Crippen LogP contribution in [0.2, 0.25) is 0 Å². The van der Waals surface area contributed by atoms with Crippen LogP contribution < -0.4 is 5.32 Å². The van der Waals surface area contributed by atoms with Crippen molar-refractivity contribution < 1.29 is 16.8 Å². The number of nitrogens with one attached hydrogen (secondary N) is 1. The molecule has 0 aromatic rings. The van der Waals surface area contributed by atoms with Crippen LogP contribution in [0.1, 0.15) is 13.8 Å². The summed E-state index contributed by atoms with van der Waals surface area (Å²) in [6.07, 6.45) is 0. The average molecular weight is 326 g/mol. The Morgan fingerprint density at radius 1 is 0.882 bits per heavy atom. The van der Waals surface area contributed by atoms with Crippen molar-refractivity contribution >= 4 is 42.9 Å². The molecule has 1 N–H and O–H groups in total. The third-order valence-electron chi connectivity index (χ3n) is 2.12. The lowest BCUT2D eigenvalue weighted by Crippen LogP contribution is -2.31. The van der Waals surface area contributed by atoms with Crippen LogP contribution in [-0.2, 0) is 19.7 Å². The van der Waals surface area contributed by atoms with Gasteiger partial charge in [0.2, 0.25) is 0 Å². The zero-order valence-corrected chi connectivity index (χ0v) is 12.8. The first-order valence-corrected chi connectivity index (χ1v) is 9.32. The first kappa shape index (κ1) is 17.4. The summed E-state index contributed by atoms with van der Waals surface area (Å²) < 4.78 is 43.3. The number of alkyl halides is 2. The largest absolute Gasteiger partial charge is 0.315 e. The quantitative estimate of drug-likeness (QED) is 0.521. The minimum absolute atomic E-state index is 0.117. The Labute approximate surface area is 113 Å². The predicted molar refractivity (Wildman–Crippen MR) is 71.1 cm³/mol. The van der Waals surface area contributed by atoms with Gasteiger partial charge in [-0.15, -0.1) is 23.2 Å². The molecular formula is C8H17Cl2NO4S2. The topological polar surface area (TPSA) is 80.3 Å². The molecule has 0 saturated carbocycles. The summed E-state index contributed by atoms with van der Waals surface area (Å²) >= 11 is 10.9. The van der Waals surface area contributed by atoms with Gasteiger partial charge in [-0.2, -0.15) is 0 Å². The Bertz CT molecular complexity index is 377. The molecule has 0 aliphatic carbocycles. The summed E-state index contributed by atoms with van der Waals surface area (Å²) in [6, 6.07) is 0. The van der Waals surface area contributed by atoms with Crippen LogP contribution in [0, 0.1) is 0 Å². The molecule has 0 saturated heterocycles. The lowest BCUT2D eigenvalue weighted by Gasteiger charge is -2.08.